The molecule has 0 fully saturated rings. The van der Waals surface area contributed by atoms with E-state index in [1.54, 1.807) is 0 Å². The van der Waals surface area contributed by atoms with Crippen molar-refractivity contribution in [3.63, 3.8) is 0 Å². The molecular weight excluding hydrogens is 372 g/mol. The first-order valence-corrected chi connectivity index (χ1v) is 10.4. The molecule has 1 unspecified atom stereocenters. The first-order valence-electron chi connectivity index (χ1n) is 10.4. The number of anilines is 2. The Morgan fingerprint density at radius 2 is 1.33 bits per heavy atom. The molecule has 2 aromatic rings. The van der Waals surface area contributed by atoms with Crippen LogP contribution in [-0.4, -0.2) is 10.9 Å². The first-order chi connectivity index (χ1) is 14.2. The average molecular weight is 399 g/mol. The fourth-order valence-electron chi connectivity index (χ4n) is 4.75. The van der Waals surface area contributed by atoms with Gasteiger partial charge in [0.1, 0.15) is 11.7 Å². The molecule has 0 saturated heterocycles. The minimum atomic E-state index is -0.597. The zero-order valence-corrected chi connectivity index (χ0v) is 17.7. The van der Waals surface area contributed by atoms with Crippen LogP contribution >= 0.6 is 0 Å². The third-order valence-corrected chi connectivity index (χ3v) is 6.83. The van der Waals surface area contributed by atoms with Crippen molar-refractivity contribution in [2.45, 2.75) is 38.5 Å². The summed E-state index contributed by atoms with van der Waals surface area (Å²) in [6.07, 6.45) is 3.69. The van der Waals surface area contributed by atoms with E-state index >= 15 is 0 Å². The van der Waals surface area contributed by atoms with E-state index in [2.05, 4.69) is 50.5 Å². The predicted molar refractivity (Wildman–Crippen MR) is 120 cm³/mol. The van der Waals surface area contributed by atoms with Gasteiger partial charge in [0.15, 0.2) is 5.78 Å². The molecule has 0 aromatic heterocycles. The number of fused-ring (bicyclic) bond motifs is 2. The molecule has 0 radical (unpaired) electrons. The molecule has 2 aromatic carbocycles. The van der Waals surface area contributed by atoms with Gasteiger partial charge < -0.3 is 15.7 Å². The molecule has 2 heterocycles. The molecular formula is C26H26N2O2. The number of benzene rings is 2. The van der Waals surface area contributed by atoms with Gasteiger partial charge in [-0.2, -0.15) is 0 Å². The van der Waals surface area contributed by atoms with Gasteiger partial charge in [0, 0.05) is 33.6 Å². The number of carbonyl (C=O) groups excluding carboxylic acids is 1. The fourth-order valence-corrected chi connectivity index (χ4v) is 4.75. The maximum Gasteiger partial charge on any atom is 0.180 e. The zero-order valence-electron chi connectivity index (χ0n) is 17.7. The van der Waals surface area contributed by atoms with E-state index in [1.165, 1.54) is 11.1 Å². The van der Waals surface area contributed by atoms with Crippen LogP contribution in [0.25, 0.3) is 0 Å². The Morgan fingerprint density at radius 1 is 0.833 bits per heavy atom. The number of carbonyl (C=O) groups is 1. The number of aliphatic hydroxyl groups is 1. The first kappa shape index (κ1) is 18.7. The number of aliphatic hydroxyl groups excluding tert-OH is 1. The van der Waals surface area contributed by atoms with E-state index in [4.69, 9.17) is 0 Å². The minimum absolute atomic E-state index is 0.0467. The Bertz CT molecular complexity index is 1180. The Kier molecular flexibility index (Phi) is 3.82. The number of ketones is 1. The lowest BCUT2D eigenvalue weighted by Gasteiger charge is -2.28. The Morgan fingerprint density at radius 3 is 1.87 bits per heavy atom. The fraction of sp³-hybridized carbons (Fsp3) is 0.269. The van der Waals surface area contributed by atoms with Gasteiger partial charge in [0.2, 0.25) is 0 Å². The van der Waals surface area contributed by atoms with Crippen LogP contribution in [-0.2, 0) is 15.6 Å². The number of rotatable bonds is 2. The molecule has 0 amide bonds. The minimum Gasteiger partial charge on any atom is -0.510 e. The van der Waals surface area contributed by atoms with Gasteiger partial charge in [-0.1, -0.05) is 64.1 Å². The van der Waals surface area contributed by atoms with Gasteiger partial charge in [-0.3, -0.25) is 4.79 Å². The molecule has 152 valence electrons. The summed E-state index contributed by atoms with van der Waals surface area (Å²) >= 11 is 0. The standard InChI is InChI=1S/C26H26N2O2/c1-25(2)17-9-5-7-11-19(17)27-21(25)13-15-23(29)16(24(15)30)14-22-26(3,4)18-10-6-8-12-20(18)28-22/h5-15,27-29H,1-4H3/b21-13-,22-14-. The van der Waals surface area contributed by atoms with E-state index < -0.39 is 5.92 Å². The maximum absolute atomic E-state index is 13.0. The van der Waals surface area contributed by atoms with E-state index in [0.717, 1.165) is 22.8 Å². The van der Waals surface area contributed by atoms with Crippen LogP contribution in [0.4, 0.5) is 11.4 Å². The van der Waals surface area contributed by atoms with Gasteiger partial charge in [-0.05, 0) is 35.4 Å². The predicted octanol–water partition coefficient (Wildman–Crippen LogP) is 5.57. The van der Waals surface area contributed by atoms with E-state index in [-0.39, 0.29) is 22.4 Å². The largest absolute Gasteiger partial charge is 0.510 e. The average Bonchev–Trinajstić information content (AvgIpc) is 3.14. The van der Waals surface area contributed by atoms with Crippen LogP contribution in [0, 0.1) is 5.92 Å². The molecule has 0 saturated carbocycles. The molecule has 4 nitrogen and oxygen atoms in total. The molecule has 3 N–H and O–H groups in total. The van der Waals surface area contributed by atoms with Crippen molar-refractivity contribution < 1.29 is 9.90 Å². The van der Waals surface area contributed by atoms with E-state index in [0.29, 0.717) is 5.57 Å². The Labute approximate surface area is 177 Å². The number of nitrogens with one attached hydrogen (secondary N) is 2. The highest BCUT2D eigenvalue weighted by Crippen LogP contribution is 2.47. The summed E-state index contributed by atoms with van der Waals surface area (Å²) in [4.78, 5) is 13.0. The molecule has 0 spiro atoms. The molecule has 2 aliphatic heterocycles. The van der Waals surface area contributed by atoms with Crippen molar-refractivity contribution >= 4 is 17.2 Å². The van der Waals surface area contributed by atoms with E-state index in [9.17, 15) is 9.90 Å². The third-order valence-electron chi connectivity index (χ3n) is 6.83. The summed E-state index contributed by atoms with van der Waals surface area (Å²) in [7, 11) is 0. The second-order valence-electron chi connectivity index (χ2n) is 9.37. The molecule has 3 aliphatic rings. The number of allylic oxidation sites excluding steroid dienone is 5. The van der Waals surface area contributed by atoms with Crippen LogP contribution in [0.2, 0.25) is 0 Å². The van der Waals surface area contributed by atoms with Gasteiger partial charge in [0.25, 0.3) is 0 Å². The SMILES string of the molecule is CC1(C)/C(=C/C2=C(O)C(/C=C3\Nc4ccccc4C3(C)C)C2=O)Nc2ccccc21. The normalized spacial score (nSPS) is 25.6. The summed E-state index contributed by atoms with van der Waals surface area (Å²) in [5, 5.41) is 17.6. The Balaban J connectivity index is 1.46. The van der Waals surface area contributed by atoms with E-state index in [1.807, 2.05) is 48.6 Å². The van der Waals surface area contributed by atoms with Crippen molar-refractivity contribution in [3.05, 3.63) is 94.5 Å². The quantitative estimate of drug-likeness (QED) is 0.619. The van der Waals surface area contributed by atoms with Crippen LogP contribution < -0.4 is 10.6 Å². The van der Waals surface area contributed by atoms with Crippen LogP contribution in [0.15, 0.2) is 83.4 Å². The van der Waals surface area contributed by atoms with Gasteiger partial charge in [-0.15, -0.1) is 0 Å². The van der Waals surface area contributed by atoms with Crippen molar-refractivity contribution in [2.24, 2.45) is 5.92 Å². The van der Waals surface area contributed by atoms with Crippen molar-refractivity contribution in [3.8, 4) is 0 Å². The van der Waals surface area contributed by atoms with Gasteiger partial charge in [-0.25, -0.2) is 0 Å². The Hall–Kier alpha value is -3.27. The molecule has 30 heavy (non-hydrogen) atoms. The van der Waals surface area contributed by atoms with Crippen molar-refractivity contribution in [2.75, 3.05) is 10.6 Å². The number of para-hydroxylation sites is 2. The lowest BCUT2D eigenvalue weighted by molar-refractivity contribution is -0.120. The molecule has 4 heteroatoms. The van der Waals surface area contributed by atoms with Crippen LogP contribution in [0.1, 0.15) is 38.8 Å². The summed E-state index contributed by atoms with van der Waals surface area (Å²) in [6, 6.07) is 16.3. The highest BCUT2D eigenvalue weighted by molar-refractivity contribution is 6.10. The number of Topliss-reactive ketones (excluding diaryl/α,β-unsaturated/α-hetero) is 1. The lowest BCUT2D eigenvalue weighted by atomic mass is 9.76. The molecule has 1 aliphatic carbocycles. The zero-order chi connectivity index (χ0) is 21.3. The lowest BCUT2D eigenvalue weighted by Crippen LogP contribution is -2.32. The summed E-state index contributed by atoms with van der Waals surface area (Å²) < 4.78 is 0. The summed E-state index contributed by atoms with van der Waals surface area (Å²) in [5.74, 6) is -0.503. The number of hydrogen-bond donors (Lipinski definition) is 3. The van der Waals surface area contributed by atoms with Crippen molar-refractivity contribution in [1.29, 1.82) is 0 Å². The topological polar surface area (TPSA) is 61.4 Å². The third kappa shape index (κ3) is 2.49. The van der Waals surface area contributed by atoms with Crippen LogP contribution in [0.3, 0.4) is 0 Å². The smallest absolute Gasteiger partial charge is 0.180 e. The highest BCUT2D eigenvalue weighted by atomic mass is 16.3. The molecule has 5 rings (SSSR count). The second-order valence-corrected chi connectivity index (χ2v) is 9.37. The van der Waals surface area contributed by atoms with Gasteiger partial charge >= 0.3 is 0 Å². The maximum atomic E-state index is 13.0. The molecule has 0 bridgehead atoms. The molecule has 1 atom stereocenters. The summed E-state index contributed by atoms with van der Waals surface area (Å²) in [6.45, 7) is 8.51. The number of hydrogen-bond acceptors (Lipinski definition) is 4. The second kappa shape index (κ2) is 6.11. The highest BCUT2D eigenvalue weighted by Gasteiger charge is 2.43. The van der Waals surface area contributed by atoms with Gasteiger partial charge in [0.05, 0.1) is 5.57 Å². The monoisotopic (exact) mass is 398 g/mol. The van der Waals surface area contributed by atoms with Crippen LogP contribution in [0.5, 0.6) is 0 Å². The van der Waals surface area contributed by atoms with Crippen molar-refractivity contribution in [1.82, 2.24) is 0 Å². The summed E-state index contributed by atoms with van der Waals surface area (Å²) in [5.41, 5.74) is 6.29.